The number of carbonyl (C=O) groups excluding carboxylic acids is 3. The number of aliphatic hydroxyl groups excluding tert-OH is 2. The van der Waals surface area contributed by atoms with E-state index in [1.54, 1.807) is 6.08 Å². The Morgan fingerprint density at radius 3 is 1.90 bits per heavy atom. The van der Waals surface area contributed by atoms with Gasteiger partial charge in [-0.2, -0.15) is 0 Å². The van der Waals surface area contributed by atoms with E-state index in [0.29, 0.717) is 5.75 Å². The van der Waals surface area contributed by atoms with Gasteiger partial charge in [-0.3, -0.25) is 28.1 Å². The monoisotopic (exact) mass is 1210 g/mol. The van der Waals surface area contributed by atoms with Gasteiger partial charge in [0.2, 0.25) is 16.9 Å². The number of nitrogens with zero attached hydrogens (tertiary/aromatic N) is 4. The van der Waals surface area contributed by atoms with E-state index in [1.807, 2.05) is 6.08 Å². The van der Waals surface area contributed by atoms with Crippen molar-refractivity contribution in [3.05, 3.63) is 85.6 Å². The second kappa shape index (κ2) is 38.8. The predicted octanol–water partition coefficient (Wildman–Crippen LogP) is 6.52. The molecule has 1 saturated heterocycles. The molecule has 28 heteroatoms. The molecule has 0 radical (unpaired) electrons. The maximum Gasteiger partial charge on any atom is 0.274 e. The number of aliphatic hydroxyl groups is 2. The van der Waals surface area contributed by atoms with Crippen molar-refractivity contribution >= 4 is 69.1 Å². The summed E-state index contributed by atoms with van der Waals surface area (Å²) in [6.07, 6.45) is 38.7. The van der Waals surface area contributed by atoms with Crippen LogP contribution in [0.2, 0.25) is 0 Å². The third-order valence-electron chi connectivity index (χ3n) is 12.4. The van der Waals surface area contributed by atoms with Gasteiger partial charge in [-0.25, -0.2) is 19.3 Å². The van der Waals surface area contributed by atoms with Crippen LogP contribution in [0.15, 0.2) is 85.6 Å². The molecule has 1 aliphatic heterocycles. The topological polar surface area (TPSA) is 375 Å². The lowest BCUT2D eigenvalue weighted by atomic mass is 9.87. The average molecular weight is 1210 g/mol. The number of carbonyl (C=O) groups is 3. The zero-order valence-corrected chi connectivity index (χ0v) is 50.1. The lowest BCUT2D eigenvalue weighted by Gasteiger charge is -2.36. The van der Waals surface area contributed by atoms with Gasteiger partial charge in [0.05, 0.1) is 27.4 Å². The summed E-state index contributed by atoms with van der Waals surface area (Å²) < 4.78 is 61.0. The van der Waals surface area contributed by atoms with Crippen molar-refractivity contribution in [2.45, 2.75) is 173 Å². The molecule has 6 N–H and O–H groups in total. The van der Waals surface area contributed by atoms with E-state index < -0.39 is 84.6 Å². The molecule has 24 nitrogen and oxygen atoms in total. The summed E-state index contributed by atoms with van der Waals surface area (Å²) in [6.45, 7) is 2.25. The van der Waals surface area contributed by atoms with Crippen molar-refractivity contribution in [2.75, 3.05) is 37.8 Å². The van der Waals surface area contributed by atoms with Crippen LogP contribution in [0.5, 0.6) is 0 Å². The van der Waals surface area contributed by atoms with Crippen LogP contribution in [0.25, 0.3) is 11.2 Å². The Balaban J connectivity index is 1.18. The normalized spacial score (nSPS) is 19.3. The number of hydrogen-bond donors (Lipinski definition) is 5. The van der Waals surface area contributed by atoms with Crippen LogP contribution in [0.4, 0.5) is 5.82 Å². The highest BCUT2D eigenvalue weighted by atomic mass is 32.2. The molecule has 2 amide bonds. The van der Waals surface area contributed by atoms with Crippen LogP contribution in [0, 0.1) is 5.41 Å². The van der Waals surface area contributed by atoms with Crippen molar-refractivity contribution in [1.29, 1.82) is 0 Å². The minimum atomic E-state index is -5.93. The van der Waals surface area contributed by atoms with Crippen molar-refractivity contribution in [3.8, 4) is 0 Å². The van der Waals surface area contributed by atoms with Crippen LogP contribution < -0.4 is 35.9 Å². The van der Waals surface area contributed by atoms with E-state index in [-0.39, 0.29) is 41.6 Å². The zero-order valence-electron chi connectivity index (χ0n) is 46.6. The number of ether oxygens (including phenoxy) is 1. The summed E-state index contributed by atoms with van der Waals surface area (Å²) in [7, 11) is -17.6. The quantitative estimate of drug-likeness (QED) is 0.0204. The molecule has 3 rings (SSSR count). The van der Waals surface area contributed by atoms with E-state index in [4.69, 9.17) is 10.5 Å². The van der Waals surface area contributed by atoms with Crippen LogP contribution in [0.1, 0.15) is 149 Å². The van der Waals surface area contributed by atoms with Crippen molar-refractivity contribution < 1.29 is 80.5 Å². The number of nitrogen functional groups attached to an aromatic ring is 1. The molecule has 0 bridgehead atoms. The first-order valence-electron chi connectivity index (χ1n) is 27.5. The molecule has 7 atom stereocenters. The van der Waals surface area contributed by atoms with Crippen LogP contribution in [0.3, 0.4) is 0 Å². The first-order chi connectivity index (χ1) is 38.6. The number of amides is 2. The third-order valence-corrected chi connectivity index (χ3v) is 16.2. The number of nitrogens with two attached hydrogens (primary N) is 1. The smallest absolute Gasteiger partial charge is 0.274 e. The summed E-state index contributed by atoms with van der Waals surface area (Å²) in [5, 5.41) is 26.4. The molecule has 3 heterocycles. The van der Waals surface area contributed by atoms with Crippen LogP contribution in [-0.4, -0.2) is 103 Å². The van der Waals surface area contributed by atoms with Gasteiger partial charge in [0.15, 0.2) is 17.7 Å². The first kappa shape index (κ1) is 71.3. The van der Waals surface area contributed by atoms with E-state index >= 15 is 0 Å². The van der Waals surface area contributed by atoms with Crippen molar-refractivity contribution in [2.24, 2.45) is 5.41 Å². The largest absolute Gasteiger partial charge is 0.790 e. The number of phosphoric acid groups is 3. The van der Waals surface area contributed by atoms with Gasteiger partial charge in [0.1, 0.15) is 36.3 Å². The fourth-order valence-electron chi connectivity index (χ4n) is 7.97. The Kier molecular flexibility index (Phi) is 34.1. The highest BCUT2D eigenvalue weighted by Gasteiger charge is 2.47. The molecule has 2 aromatic heterocycles. The minimum Gasteiger partial charge on any atom is -0.790 e. The number of imidazole rings is 1. The number of anilines is 1. The minimum absolute atomic E-state index is 0.0206. The number of rotatable bonds is 43. The molecule has 0 spiro atoms. The van der Waals surface area contributed by atoms with Crippen molar-refractivity contribution in [1.82, 2.24) is 30.2 Å². The van der Waals surface area contributed by atoms with E-state index in [1.165, 1.54) is 71.6 Å². The fraction of sp³-hybridized carbons (Fsp3) is 0.623. The Bertz CT molecular complexity index is 2540. The summed E-state index contributed by atoms with van der Waals surface area (Å²) in [5.74, 6) is -1.22. The number of allylic oxidation sites excluding steroid dienone is 11. The van der Waals surface area contributed by atoms with Gasteiger partial charge in [-0.15, -0.1) is 0 Å². The molecule has 0 saturated carbocycles. The Morgan fingerprint density at radius 2 is 1.32 bits per heavy atom. The van der Waals surface area contributed by atoms with Gasteiger partial charge < -0.3 is 69.0 Å². The third kappa shape index (κ3) is 30.4. The molecular formula is C53H82N7O17P3S-4. The number of unbranched alkanes of at least 4 members (excludes halogenated alkanes) is 12. The zero-order chi connectivity index (χ0) is 59.6. The number of nitrogens with one attached hydrogen (secondary N) is 2. The fourth-order valence-corrected chi connectivity index (χ4v) is 11.3. The first-order valence-corrected chi connectivity index (χ1v) is 32.8. The Labute approximate surface area is 480 Å². The molecule has 1 aliphatic rings. The summed E-state index contributed by atoms with van der Waals surface area (Å²) in [6, 6.07) is 0. The Hall–Kier alpha value is -4.00. The van der Waals surface area contributed by atoms with Gasteiger partial charge in [-0.1, -0.05) is 157 Å². The highest BCUT2D eigenvalue weighted by Crippen LogP contribution is 2.56. The summed E-state index contributed by atoms with van der Waals surface area (Å²) >= 11 is 1.06. The van der Waals surface area contributed by atoms with E-state index in [9.17, 15) is 57.9 Å². The van der Waals surface area contributed by atoms with E-state index in [2.05, 4.69) is 111 Å². The number of aromatic nitrogens is 4. The average Bonchev–Trinajstić information content (AvgIpc) is 4.11. The standard InChI is InChI=1S/C53H86N7O17P3S/c1-4-5-6-7-8-9-10-11-12-13-14-15-16-17-18-19-20-21-22-23-24-25-26-27-28-29-30-31-32-33-44(62)81-37-36-55-43(61)34-35-56-51(65)48(64)53(2,3)39-74-80(71,72)77-79(69,70)73-38-42-47(76-78(66,67)68)46(63)52(75-42)60-41-59-45-49(54)57-40-58-50(45)60/h5-6,8-9,11-12,14-15,17-18,32-33,40-42,46-48,52,63-64H,4,7,10,13,16,19-31,34-39H2,1-3H3,(H,55,61)(H,56,65)(H,69,70)(H,71,72)(H2,54,57,58)(H2,66,67,68)/p-4/b6-5-,9-8-,12-11-,15-14-,18-17-,33-32+/t42-,46-,47-,48+,52-/m1/s1. The van der Waals surface area contributed by atoms with Crippen molar-refractivity contribution in [3.63, 3.8) is 0 Å². The summed E-state index contributed by atoms with van der Waals surface area (Å²) in [4.78, 5) is 97.1. The lowest BCUT2D eigenvalue weighted by Crippen LogP contribution is -2.46. The van der Waals surface area contributed by atoms with Gasteiger partial charge in [-0.05, 0) is 63.9 Å². The SMILES string of the molecule is CC/C=C\C/C=C\C/C=C\C/C=C\C/C=C\CCCCCCCCCCCCC/C=C/C(=O)SCCNC(=O)CCNC(=O)[C@H](O)C(C)(C)COP(=O)([O-])OP(=O)([O-])OC[C@H]1O[C@@H](n2cnc3c(N)ncnc32)[C@H](O)[C@@H]1OP(=O)([O-])[O-]. The molecule has 456 valence electrons. The maximum absolute atomic E-state index is 12.7. The number of phosphoric ester groups is 3. The molecule has 2 unspecified atom stereocenters. The molecule has 81 heavy (non-hydrogen) atoms. The maximum atomic E-state index is 12.7. The summed E-state index contributed by atoms with van der Waals surface area (Å²) in [5.41, 5.74) is 4.09. The molecule has 2 aromatic rings. The van der Waals surface area contributed by atoms with Gasteiger partial charge in [0.25, 0.3) is 15.6 Å². The number of thioether (sulfide) groups is 1. The van der Waals surface area contributed by atoms with Gasteiger partial charge in [0, 0.05) is 30.7 Å². The molecular weight excluding hydrogens is 1130 g/mol. The number of hydrogen-bond acceptors (Lipinski definition) is 22. The molecule has 1 fully saturated rings. The second-order valence-corrected chi connectivity index (χ2v) is 24.9. The molecule has 0 aromatic carbocycles. The van der Waals surface area contributed by atoms with E-state index in [0.717, 1.165) is 86.8 Å². The highest BCUT2D eigenvalue weighted by molar-refractivity contribution is 8.14. The number of fused-ring (bicyclic) bond motifs is 1. The second-order valence-electron chi connectivity index (χ2n) is 19.7. The van der Waals surface area contributed by atoms with Crippen LogP contribution in [-0.2, 0) is 50.7 Å². The lowest BCUT2D eigenvalue weighted by molar-refractivity contribution is -0.347. The molecule has 0 aliphatic carbocycles. The predicted molar refractivity (Wildman–Crippen MR) is 302 cm³/mol. The van der Waals surface area contributed by atoms with Crippen LogP contribution >= 0.6 is 35.2 Å². The Morgan fingerprint density at radius 1 is 0.778 bits per heavy atom. The van der Waals surface area contributed by atoms with Gasteiger partial charge >= 0.3 is 0 Å².